The Morgan fingerprint density at radius 3 is 2.55 bits per heavy atom. The van der Waals surface area contributed by atoms with Crippen LogP contribution in [0.2, 0.25) is 0 Å². The van der Waals surface area contributed by atoms with E-state index in [0.717, 1.165) is 22.8 Å². The minimum absolute atomic E-state index is 0.184. The smallest absolute Gasteiger partial charge is 0.335 e. The molecule has 164 valence electrons. The number of aryl methyl sites for hydroxylation is 1. The summed E-state index contributed by atoms with van der Waals surface area (Å²) in [6.07, 6.45) is 3.72. The third-order valence-corrected chi connectivity index (χ3v) is 6.18. The van der Waals surface area contributed by atoms with E-state index in [9.17, 15) is 9.90 Å². The lowest BCUT2D eigenvalue weighted by molar-refractivity contribution is 0.0697. The zero-order chi connectivity index (χ0) is 22.9. The summed E-state index contributed by atoms with van der Waals surface area (Å²) in [5.41, 5.74) is 5.02. The van der Waals surface area contributed by atoms with E-state index in [2.05, 4.69) is 46.4 Å². The van der Waals surface area contributed by atoms with Gasteiger partial charge in [-0.25, -0.2) is 4.79 Å². The number of rotatable bonds is 5. The maximum atomic E-state index is 11.6. The molecule has 0 unspecified atom stereocenters. The van der Waals surface area contributed by atoms with Crippen LogP contribution in [-0.2, 0) is 0 Å². The average Bonchev–Trinajstić information content (AvgIpc) is 3.44. The Kier molecular flexibility index (Phi) is 5.40. The molecule has 1 aliphatic rings. The standard InChI is InChI=1S/C26H22N4O2S/c1-17-10-12-19(13-11-17)30-24(23(28-26(30)33)21-8-2-3-14-27-21)22-9-5-15-29(22)20-7-4-6-18(16-20)25(31)32/h2-16,23-24H,1H3,(H,28,33)(H,31,32)/t23-,24+/m0/s1. The van der Waals surface area contributed by atoms with Crippen LogP contribution in [0.3, 0.4) is 0 Å². The van der Waals surface area contributed by atoms with Crippen molar-refractivity contribution in [2.45, 2.75) is 19.0 Å². The quantitative estimate of drug-likeness (QED) is 0.411. The van der Waals surface area contributed by atoms with Crippen molar-refractivity contribution < 1.29 is 9.90 Å². The van der Waals surface area contributed by atoms with E-state index in [1.807, 2.05) is 47.2 Å². The van der Waals surface area contributed by atoms with E-state index in [0.29, 0.717) is 5.11 Å². The number of thiocarbonyl (C=S) groups is 1. The summed E-state index contributed by atoms with van der Waals surface area (Å²) < 4.78 is 2.02. The maximum Gasteiger partial charge on any atom is 0.335 e. The minimum Gasteiger partial charge on any atom is -0.478 e. The van der Waals surface area contributed by atoms with Crippen molar-refractivity contribution in [2.24, 2.45) is 0 Å². The van der Waals surface area contributed by atoms with Gasteiger partial charge in [0.15, 0.2) is 5.11 Å². The van der Waals surface area contributed by atoms with Crippen molar-refractivity contribution in [2.75, 3.05) is 4.90 Å². The van der Waals surface area contributed by atoms with E-state index in [4.69, 9.17) is 12.2 Å². The predicted molar refractivity (Wildman–Crippen MR) is 132 cm³/mol. The first-order valence-corrected chi connectivity index (χ1v) is 11.0. The van der Waals surface area contributed by atoms with Crippen LogP contribution in [0.4, 0.5) is 5.69 Å². The highest BCUT2D eigenvalue weighted by atomic mass is 32.1. The summed E-state index contributed by atoms with van der Waals surface area (Å²) in [6.45, 7) is 2.05. The second-order valence-electron chi connectivity index (χ2n) is 7.99. The Labute approximate surface area is 197 Å². The molecule has 1 aliphatic heterocycles. The highest BCUT2D eigenvalue weighted by Crippen LogP contribution is 2.42. The third kappa shape index (κ3) is 3.87. The number of carboxylic acid groups (broad SMARTS) is 1. The van der Waals surface area contributed by atoms with Crippen molar-refractivity contribution in [1.82, 2.24) is 14.9 Å². The average molecular weight is 455 g/mol. The number of carbonyl (C=O) groups is 1. The largest absolute Gasteiger partial charge is 0.478 e. The van der Waals surface area contributed by atoms with Crippen LogP contribution in [0.15, 0.2) is 91.3 Å². The first kappa shape index (κ1) is 20.9. The topological polar surface area (TPSA) is 70.4 Å². The van der Waals surface area contributed by atoms with Gasteiger partial charge in [-0.2, -0.15) is 0 Å². The molecule has 0 radical (unpaired) electrons. The normalized spacial score (nSPS) is 17.7. The van der Waals surface area contributed by atoms with Gasteiger partial charge in [-0.05, 0) is 73.7 Å². The van der Waals surface area contributed by atoms with E-state index >= 15 is 0 Å². The molecular weight excluding hydrogens is 432 g/mol. The number of aromatic nitrogens is 2. The van der Waals surface area contributed by atoms with Crippen LogP contribution in [0, 0.1) is 6.92 Å². The molecule has 5 rings (SSSR count). The SMILES string of the molecule is Cc1ccc(N2C(=S)N[C@@H](c3ccccn3)[C@H]2c2cccn2-c2cccc(C(=O)O)c2)cc1. The highest BCUT2D eigenvalue weighted by molar-refractivity contribution is 7.80. The van der Waals surface area contributed by atoms with Gasteiger partial charge in [0, 0.05) is 29.5 Å². The Bertz CT molecular complexity index is 1320. The number of anilines is 1. The van der Waals surface area contributed by atoms with Crippen LogP contribution in [0.5, 0.6) is 0 Å². The summed E-state index contributed by atoms with van der Waals surface area (Å²) in [6, 6.07) is 24.7. The lowest BCUT2D eigenvalue weighted by atomic mass is 10.0. The summed E-state index contributed by atoms with van der Waals surface area (Å²) >= 11 is 5.80. The second-order valence-corrected chi connectivity index (χ2v) is 8.38. The molecule has 33 heavy (non-hydrogen) atoms. The van der Waals surface area contributed by atoms with Crippen molar-refractivity contribution in [3.05, 3.63) is 114 Å². The number of nitrogens with one attached hydrogen (secondary N) is 1. The third-order valence-electron chi connectivity index (χ3n) is 5.86. The van der Waals surface area contributed by atoms with Gasteiger partial charge in [0.25, 0.3) is 0 Å². The fourth-order valence-electron chi connectivity index (χ4n) is 4.30. The number of carboxylic acids is 1. The molecule has 2 aromatic heterocycles. The number of hydrogen-bond donors (Lipinski definition) is 2. The molecule has 0 saturated carbocycles. The Morgan fingerprint density at radius 1 is 1.00 bits per heavy atom. The van der Waals surface area contributed by atoms with Crippen molar-refractivity contribution in [3.63, 3.8) is 0 Å². The Morgan fingerprint density at radius 2 is 1.82 bits per heavy atom. The molecule has 4 aromatic rings. The fraction of sp³-hybridized carbons (Fsp3) is 0.115. The molecule has 7 heteroatoms. The van der Waals surface area contributed by atoms with Crippen LogP contribution in [-0.4, -0.2) is 25.7 Å². The molecule has 1 fully saturated rings. The molecule has 6 nitrogen and oxygen atoms in total. The minimum atomic E-state index is -0.957. The van der Waals surface area contributed by atoms with Gasteiger partial charge < -0.3 is 19.9 Å². The van der Waals surface area contributed by atoms with Crippen molar-refractivity contribution >= 4 is 29.0 Å². The van der Waals surface area contributed by atoms with Gasteiger partial charge in [0.1, 0.15) is 6.04 Å². The molecule has 0 bridgehead atoms. The van der Waals surface area contributed by atoms with Crippen LogP contribution < -0.4 is 10.2 Å². The summed E-state index contributed by atoms with van der Waals surface area (Å²) in [5, 5.41) is 13.6. The van der Waals surface area contributed by atoms with Gasteiger partial charge in [-0.1, -0.05) is 29.8 Å². The van der Waals surface area contributed by atoms with E-state index in [-0.39, 0.29) is 17.6 Å². The number of pyridine rings is 1. The summed E-state index contributed by atoms with van der Waals surface area (Å²) in [7, 11) is 0. The molecule has 2 atom stereocenters. The second kappa shape index (κ2) is 8.52. The van der Waals surface area contributed by atoms with Crippen LogP contribution in [0.25, 0.3) is 5.69 Å². The molecule has 1 saturated heterocycles. The van der Waals surface area contributed by atoms with Gasteiger partial charge in [0.05, 0.1) is 17.3 Å². The maximum absolute atomic E-state index is 11.6. The first-order valence-electron chi connectivity index (χ1n) is 10.6. The zero-order valence-electron chi connectivity index (χ0n) is 17.9. The van der Waals surface area contributed by atoms with Crippen LogP contribution in [0.1, 0.15) is 39.4 Å². The van der Waals surface area contributed by atoms with Gasteiger partial charge >= 0.3 is 5.97 Å². The summed E-state index contributed by atoms with van der Waals surface area (Å²) in [4.78, 5) is 18.3. The Balaban J connectivity index is 1.66. The summed E-state index contributed by atoms with van der Waals surface area (Å²) in [5.74, 6) is -0.957. The van der Waals surface area contributed by atoms with Crippen molar-refractivity contribution in [3.8, 4) is 5.69 Å². The molecule has 2 N–H and O–H groups in total. The van der Waals surface area contributed by atoms with Gasteiger partial charge in [-0.15, -0.1) is 0 Å². The zero-order valence-corrected chi connectivity index (χ0v) is 18.7. The van der Waals surface area contributed by atoms with Gasteiger partial charge in [-0.3, -0.25) is 4.98 Å². The number of hydrogen-bond acceptors (Lipinski definition) is 3. The van der Waals surface area contributed by atoms with E-state index in [1.165, 1.54) is 5.56 Å². The number of nitrogens with zero attached hydrogens (tertiary/aromatic N) is 3. The monoisotopic (exact) mass is 454 g/mol. The van der Waals surface area contributed by atoms with E-state index in [1.54, 1.807) is 24.4 Å². The predicted octanol–water partition coefficient (Wildman–Crippen LogP) is 5.06. The molecule has 0 aliphatic carbocycles. The fourth-order valence-corrected chi connectivity index (χ4v) is 4.64. The van der Waals surface area contributed by atoms with Crippen LogP contribution >= 0.6 is 12.2 Å². The molecule has 0 amide bonds. The van der Waals surface area contributed by atoms with Crippen molar-refractivity contribution in [1.29, 1.82) is 0 Å². The van der Waals surface area contributed by atoms with E-state index < -0.39 is 5.97 Å². The molecular formula is C26H22N4O2S. The lowest BCUT2D eigenvalue weighted by Crippen LogP contribution is -2.30. The lowest BCUT2D eigenvalue weighted by Gasteiger charge is -2.29. The number of benzene rings is 2. The molecule has 3 heterocycles. The Hall–Kier alpha value is -3.97. The molecule has 2 aromatic carbocycles. The number of aromatic carboxylic acids is 1. The first-order chi connectivity index (χ1) is 16.0. The highest BCUT2D eigenvalue weighted by Gasteiger charge is 2.42. The van der Waals surface area contributed by atoms with Gasteiger partial charge in [0.2, 0.25) is 0 Å². The molecule has 0 spiro atoms.